The Balaban J connectivity index is 1.86. The maximum Gasteiger partial charge on any atom is 0.416 e. The summed E-state index contributed by atoms with van der Waals surface area (Å²) in [5.41, 5.74) is -2.06. The van der Waals surface area contributed by atoms with Crippen molar-refractivity contribution in [2.45, 2.75) is 38.0 Å². The molecule has 3 rings (SSSR count). The van der Waals surface area contributed by atoms with Crippen molar-refractivity contribution in [3.05, 3.63) is 59.0 Å². The zero-order valence-electron chi connectivity index (χ0n) is 20.1. The molecule has 14 heteroatoms. The number of nitrogens with one attached hydrogen (secondary N) is 4. The first-order valence-electron chi connectivity index (χ1n) is 11.3. The smallest absolute Gasteiger partial charge is 0.353 e. The number of carbonyl (C=O) groups is 5. The second kappa shape index (κ2) is 11.4. The summed E-state index contributed by atoms with van der Waals surface area (Å²) < 4.78 is 53.0. The number of amides is 4. The molecule has 0 radical (unpaired) electrons. The Morgan fingerprint density at radius 2 is 1.87 bits per heavy atom. The first-order chi connectivity index (χ1) is 17.8. The van der Waals surface area contributed by atoms with Crippen molar-refractivity contribution in [2.75, 3.05) is 12.4 Å². The number of Topliss-reactive ketones (excluding diaryl/α,β-unsaturated/α-hetero) is 1. The molecular weight excluding hydrogens is 514 g/mol. The van der Waals surface area contributed by atoms with Gasteiger partial charge in [0.2, 0.25) is 11.7 Å². The average molecular weight is 537 g/mol. The van der Waals surface area contributed by atoms with Crippen molar-refractivity contribution in [3.63, 3.8) is 0 Å². The van der Waals surface area contributed by atoms with Crippen molar-refractivity contribution in [3.8, 4) is 0 Å². The lowest BCUT2D eigenvalue weighted by atomic mass is 9.94. The topological polar surface area (TPSA) is 146 Å². The molecule has 1 fully saturated rings. The van der Waals surface area contributed by atoms with E-state index in [2.05, 4.69) is 26.3 Å². The lowest BCUT2D eigenvalue weighted by Crippen LogP contribution is -2.48. The minimum atomic E-state index is -4.71. The fourth-order valence-corrected chi connectivity index (χ4v) is 3.92. The predicted molar refractivity (Wildman–Crippen MR) is 124 cm³/mol. The molecule has 3 atom stereocenters. The monoisotopic (exact) mass is 537 g/mol. The van der Waals surface area contributed by atoms with Gasteiger partial charge in [-0.3, -0.25) is 24.0 Å². The first kappa shape index (κ1) is 28.2. The van der Waals surface area contributed by atoms with Crippen LogP contribution in [0, 0.1) is 11.7 Å². The molecule has 1 aromatic carbocycles. The molecular formula is C24H23F4N5O5. The maximum absolute atomic E-state index is 14.0. The van der Waals surface area contributed by atoms with Crippen LogP contribution in [0.1, 0.15) is 46.0 Å². The van der Waals surface area contributed by atoms with Crippen LogP contribution < -0.4 is 21.3 Å². The Morgan fingerprint density at radius 1 is 1.16 bits per heavy atom. The van der Waals surface area contributed by atoms with Gasteiger partial charge in [-0.1, -0.05) is 6.07 Å². The molecule has 10 nitrogen and oxygen atoms in total. The van der Waals surface area contributed by atoms with E-state index in [1.807, 2.05) is 0 Å². The van der Waals surface area contributed by atoms with Gasteiger partial charge in [-0.05, 0) is 44.0 Å². The van der Waals surface area contributed by atoms with E-state index in [0.29, 0.717) is 24.8 Å². The number of pyridine rings is 1. The number of aromatic nitrogens is 1. The van der Waals surface area contributed by atoms with Gasteiger partial charge in [-0.15, -0.1) is 0 Å². The highest BCUT2D eigenvalue weighted by Gasteiger charge is 2.36. The minimum Gasteiger partial charge on any atom is -0.353 e. The van der Waals surface area contributed by atoms with E-state index in [1.54, 1.807) is 6.92 Å². The standard InChI is InChI=1S/C24H23F4N5O5/c1-11-6-13(21(36)31-11)8-17(18(34)23(38)29-2)32-22(37)16-9-15(25)10-30-19(16)33-20(35)12-4-3-5-14(7-12)24(26,27)28/h3-5,7,9-11,13,17H,6,8H2,1-2H3,(H,29,38)(H,31,36)(H,32,37)(H,30,33,35)/t11-,13+,17+/m1/s1. The summed E-state index contributed by atoms with van der Waals surface area (Å²) in [5, 5.41) is 9.25. The summed E-state index contributed by atoms with van der Waals surface area (Å²) >= 11 is 0. The predicted octanol–water partition coefficient (Wildman–Crippen LogP) is 1.82. The molecule has 1 saturated heterocycles. The molecule has 2 heterocycles. The Kier molecular flexibility index (Phi) is 8.43. The van der Waals surface area contributed by atoms with Gasteiger partial charge in [0.05, 0.1) is 23.4 Å². The van der Waals surface area contributed by atoms with Crippen molar-refractivity contribution < 1.29 is 41.5 Å². The van der Waals surface area contributed by atoms with E-state index < -0.39 is 70.0 Å². The van der Waals surface area contributed by atoms with Crippen molar-refractivity contribution in [2.24, 2.45) is 5.92 Å². The lowest BCUT2D eigenvalue weighted by Gasteiger charge is -2.20. The number of likely N-dealkylation sites (N-methyl/N-ethyl adjacent to an activating group) is 1. The van der Waals surface area contributed by atoms with Crippen LogP contribution in [0.15, 0.2) is 36.5 Å². The highest BCUT2D eigenvalue weighted by atomic mass is 19.4. The number of rotatable bonds is 8. The molecule has 0 bridgehead atoms. The summed E-state index contributed by atoms with van der Waals surface area (Å²) in [6.07, 6.45) is -3.94. The van der Waals surface area contributed by atoms with Crippen LogP contribution in [0.3, 0.4) is 0 Å². The zero-order valence-corrected chi connectivity index (χ0v) is 20.1. The Morgan fingerprint density at radius 3 is 2.47 bits per heavy atom. The summed E-state index contributed by atoms with van der Waals surface area (Å²) in [6, 6.07) is 2.47. The largest absolute Gasteiger partial charge is 0.416 e. The van der Waals surface area contributed by atoms with Crippen molar-refractivity contribution >= 4 is 35.2 Å². The van der Waals surface area contributed by atoms with Crippen LogP contribution in [0.25, 0.3) is 0 Å². The number of halogens is 4. The van der Waals surface area contributed by atoms with Crippen LogP contribution in [0.5, 0.6) is 0 Å². The summed E-state index contributed by atoms with van der Waals surface area (Å²) in [7, 11) is 1.20. The van der Waals surface area contributed by atoms with Gasteiger partial charge in [-0.2, -0.15) is 13.2 Å². The molecule has 1 aliphatic rings. The van der Waals surface area contributed by atoms with Crippen LogP contribution in [-0.2, 0) is 20.6 Å². The number of hydrogen-bond donors (Lipinski definition) is 4. The molecule has 202 valence electrons. The van der Waals surface area contributed by atoms with Crippen LogP contribution >= 0.6 is 0 Å². The summed E-state index contributed by atoms with van der Waals surface area (Å²) in [6.45, 7) is 1.74. The van der Waals surface area contributed by atoms with Gasteiger partial charge in [0.25, 0.3) is 17.7 Å². The number of carbonyl (C=O) groups excluding carboxylic acids is 5. The van der Waals surface area contributed by atoms with E-state index in [1.165, 1.54) is 7.05 Å². The van der Waals surface area contributed by atoms with Gasteiger partial charge >= 0.3 is 6.18 Å². The zero-order chi connectivity index (χ0) is 28.2. The van der Waals surface area contributed by atoms with Gasteiger partial charge in [0.1, 0.15) is 11.6 Å². The minimum absolute atomic E-state index is 0.191. The van der Waals surface area contributed by atoms with Gasteiger partial charge in [-0.25, -0.2) is 9.37 Å². The van der Waals surface area contributed by atoms with Crippen LogP contribution in [-0.4, -0.2) is 53.5 Å². The molecule has 4 amide bonds. The number of anilines is 1. The van der Waals surface area contributed by atoms with E-state index >= 15 is 0 Å². The normalized spacial score (nSPS) is 17.8. The van der Waals surface area contributed by atoms with E-state index in [-0.39, 0.29) is 18.4 Å². The van der Waals surface area contributed by atoms with E-state index in [9.17, 15) is 41.5 Å². The highest BCUT2D eigenvalue weighted by molar-refractivity contribution is 6.38. The van der Waals surface area contributed by atoms with Gasteiger partial charge in [0, 0.05) is 24.6 Å². The molecule has 1 aliphatic heterocycles. The van der Waals surface area contributed by atoms with E-state index in [0.717, 1.165) is 18.2 Å². The second-order valence-electron chi connectivity index (χ2n) is 8.63. The quantitative estimate of drug-likeness (QED) is 0.299. The van der Waals surface area contributed by atoms with Crippen molar-refractivity contribution in [1.82, 2.24) is 20.9 Å². The third-order valence-electron chi connectivity index (χ3n) is 5.77. The SMILES string of the molecule is CNC(=O)C(=O)[C@H](C[C@@H]1C[C@@H](C)NC1=O)NC(=O)c1cc(F)cnc1NC(=O)c1cccc(C(F)(F)F)c1. The maximum atomic E-state index is 14.0. The summed E-state index contributed by atoms with van der Waals surface area (Å²) in [5.74, 6) is -6.87. The first-order valence-corrected chi connectivity index (χ1v) is 11.3. The Labute approximate surface area is 213 Å². The molecule has 0 spiro atoms. The van der Waals surface area contributed by atoms with E-state index in [4.69, 9.17) is 0 Å². The third kappa shape index (κ3) is 6.69. The Hall–Kier alpha value is -4.36. The Bertz CT molecular complexity index is 1280. The number of ketones is 1. The lowest BCUT2D eigenvalue weighted by molar-refractivity contribution is -0.139. The van der Waals surface area contributed by atoms with Crippen LogP contribution in [0.2, 0.25) is 0 Å². The number of hydrogen-bond acceptors (Lipinski definition) is 6. The highest BCUT2D eigenvalue weighted by Crippen LogP contribution is 2.30. The molecule has 0 unspecified atom stereocenters. The average Bonchev–Trinajstić information content (AvgIpc) is 3.19. The number of benzene rings is 1. The van der Waals surface area contributed by atoms with Crippen molar-refractivity contribution in [1.29, 1.82) is 0 Å². The third-order valence-corrected chi connectivity index (χ3v) is 5.77. The second-order valence-corrected chi connectivity index (χ2v) is 8.63. The molecule has 0 saturated carbocycles. The molecule has 2 aromatic rings. The number of nitrogens with zero attached hydrogens (tertiary/aromatic N) is 1. The van der Waals surface area contributed by atoms with Gasteiger partial charge in [0.15, 0.2) is 0 Å². The fourth-order valence-electron chi connectivity index (χ4n) is 3.92. The molecule has 0 aliphatic carbocycles. The molecule has 1 aromatic heterocycles. The van der Waals surface area contributed by atoms with Crippen LogP contribution in [0.4, 0.5) is 23.4 Å². The molecule has 38 heavy (non-hydrogen) atoms. The summed E-state index contributed by atoms with van der Waals surface area (Å²) in [4.78, 5) is 66.1. The van der Waals surface area contributed by atoms with Gasteiger partial charge < -0.3 is 21.3 Å². The number of alkyl halides is 3. The molecule has 4 N–H and O–H groups in total. The fraction of sp³-hybridized carbons (Fsp3) is 0.333.